The zero-order chi connectivity index (χ0) is 45.5. The van der Waals surface area contributed by atoms with Crippen LogP contribution >= 0.6 is 0 Å². The number of cyclic esters (lactones) is 1. The van der Waals surface area contributed by atoms with Crippen molar-refractivity contribution in [2.45, 2.75) is 186 Å². The molecule has 4 heterocycles. The summed E-state index contributed by atoms with van der Waals surface area (Å²) in [5.74, 6) is -7.99. The molecule has 344 valence electrons. The van der Waals surface area contributed by atoms with E-state index < -0.39 is 114 Å². The minimum Gasteiger partial charge on any atom is -0.466 e. The number of aliphatic hydroxyl groups excluding tert-OH is 2. The molecule has 17 heteroatoms. The molecule has 0 radical (unpaired) electrons. The van der Waals surface area contributed by atoms with Gasteiger partial charge in [-0.3, -0.25) is 14.4 Å². The maximum absolute atomic E-state index is 13.4. The number of ether oxygens (including phenoxy) is 8. The Morgan fingerprint density at radius 3 is 2.20 bits per heavy atom. The smallest absolute Gasteiger partial charge is 0.330 e. The van der Waals surface area contributed by atoms with E-state index in [1.807, 2.05) is 6.92 Å². The maximum Gasteiger partial charge on any atom is 0.330 e. The predicted octanol–water partition coefficient (Wildman–Crippen LogP) is 3.56. The largest absolute Gasteiger partial charge is 0.466 e. The summed E-state index contributed by atoms with van der Waals surface area (Å²) in [6.07, 6.45) is -3.74. The molecule has 3 saturated heterocycles. The van der Waals surface area contributed by atoms with Gasteiger partial charge in [-0.05, 0) is 38.2 Å². The molecule has 6 bridgehead atoms. The van der Waals surface area contributed by atoms with Crippen LogP contribution in [-0.4, -0.2) is 131 Å². The first-order valence-corrected chi connectivity index (χ1v) is 21.1. The minimum absolute atomic E-state index is 0.0159. The first-order valence-electron chi connectivity index (χ1n) is 21.1. The Morgan fingerprint density at radius 1 is 0.902 bits per heavy atom. The van der Waals surface area contributed by atoms with Gasteiger partial charge in [0.15, 0.2) is 11.9 Å². The van der Waals surface area contributed by atoms with Crippen molar-refractivity contribution in [2.24, 2.45) is 10.8 Å². The van der Waals surface area contributed by atoms with Crippen LogP contribution in [0.3, 0.4) is 0 Å². The number of esters is 5. The van der Waals surface area contributed by atoms with Crippen LogP contribution in [0.5, 0.6) is 0 Å². The molecule has 4 aliphatic rings. The van der Waals surface area contributed by atoms with Gasteiger partial charge >= 0.3 is 29.8 Å². The molecule has 17 nitrogen and oxygen atoms in total. The predicted molar refractivity (Wildman–Crippen MR) is 215 cm³/mol. The van der Waals surface area contributed by atoms with E-state index in [9.17, 15) is 44.4 Å². The Labute approximate surface area is 357 Å². The van der Waals surface area contributed by atoms with E-state index in [0.717, 1.165) is 6.08 Å². The highest BCUT2D eigenvalue weighted by Gasteiger charge is 2.59. The summed E-state index contributed by atoms with van der Waals surface area (Å²) in [5.41, 5.74) is -1.95. The van der Waals surface area contributed by atoms with Gasteiger partial charge in [0.1, 0.15) is 12.2 Å². The van der Waals surface area contributed by atoms with Crippen LogP contribution in [0.15, 0.2) is 35.5 Å². The lowest BCUT2D eigenvalue weighted by molar-refractivity contribution is -0.348. The van der Waals surface area contributed by atoms with Crippen molar-refractivity contribution < 1.29 is 82.3 Å². The summed E-state index contributed by atoms with van der Waals surface area (Å²) < 4.78 is 46.6. The number of fused-ring (bicyclic) bond motifs is 6. The third-order valence-corrected chi connectivity index (χ3v) is 12.2. The van der Waals surface area contributed by atoms with Crippen LogP contribution in [0.25, 0.3) is 0 Å². The Morgan fingerprint density at radius 2 is 1.57 bits per heavy atom. The fourth-order valence-electron chi connectivity index (χ4n) is 8.45. The Kier molecular flexibility index (Phi) is 16.9. The van der Waals surface area contributed by atoms with Crippen molar-refractivity contribution in [1.82, 2.24) is 0 Å². The topological polar surface area (TPSA) is 240 Å². The van der Waals surface area contributed by atoms with Gasteiger partial charge in [-0.15, -0.1) is 0 Å². The van der Waals surface area contributed by atoms with E-state index >= 15 is 0 Å². The third kappa shape index (κ3) is 12.5. The summed E-state index contributed by atoms with van der Waals surface area (Å²) >= 11 is 0. The molecule has 0 aromatic carbocycles. The number of carbonyl (C=O) groups is 5. The first kappa shape index (κ1) is 49.9. The highest BCUT2D eigenvalue weighted by atomic mass is 16.7. The van der Waals surface area contributed by atoms with E-state index in [0.29, 0.717) is 18.4 Å². The first-order chi connectivity index (χ1) is 28.4. The Balaban J connectivity index is 1.89. The van der Waals surface area contributed by atoms with E-state index in [-0.39, 0.29) is 56.9 Å². The third-order valence-electron chi connectivity index (χ3n) is 12.2. The number of rotatable bonds is 8. The Hall–Kier alpha value is -3.71. The second-order valence-corrected chi connectivity index (χ2v) is 17.8. The lowest BCUT2D eigenvalue weighted by atomic mass is 9.70. The monoisotopic (exact) mass is 866 g/mol. The number of aliphatic hydroxyl groups is 4. The van der Waals surface area contributed by atoms with Crippen molar-refractivity contribution >= 4 is 29.8 Å². The molecule has 0 unspecified atom stereocenters. The molecule has 0 saturated carbocycles. The van der Waals surface area contributed by atoms with Gasteiger partial charge in [0.2, 0.25) is 5.79 Å². The van der Waals surface area contributed by atoms with Gasteiger partial charge in [0, 0.05) is 56.6 Å². The average molecular weight is 867 g/mol. The molecule has 4 rings (SSSR count). The average Bonchev–Trinajstić information content (AvgIpc) is 3.15. The second-order valence-electron chi connectivity index (χ2n) is 17.8. The standard InChI is InChI=1S/C44H66O17/c1-10-11-12-36(48)59-40-28(19-38(50)55-9)18-31-22-34(25(2)45)58-39(51)21-29(47)20-32-23-35(56-26(3)46)42(6,7)43(52,60-32)24-33-16-27(17-37(49)54-8)15-30(57-33)13-14-41(4,5)44(40,53)61-31/h13-14,17,19,25,29-35,40,45,47,52-53H,10-12,15-16,18,20-24H2,1-9H3/b14-13+,27-17+,28-19+/t25-,29-,30+,31+,32-,33+,34-,35+,40+,43+,44-/m1/s1. The van der Waals surface area contributed by atoms with Crippen molar-refractivity contribution in [3.63, 3.8) is 0 Å². The normalized spacial score (nSPS) is 36.7. The van der Waals surface area contributed by atoms with Crippen LogP contribution in [0.4, 0.5) is 0 Å². The maximum atomic E-state index is 13.4. The van der Waals surface area contributed by atoms with Gasteiger partial charge in [0.05, 0.1) is 62.7 Å². The van der Waals surface area contributed by atoms with Crippen LogP contribution in [-0.2, 0) is 61.9 Å². The SMILES string of the molecule is CCCCC(=O)O[C@H]1/C(=C/C(=O)OC)C[C@H]2C[C@H]([C@@H](C)O)OC(=O)C[C@H](O)C[C@@H]3C[C@H](OC(C)=O)C(C)(C)[C@](O)(C[C@@H]4C/C(=C/C(=O)OC)C[C@H](/C=C/C(C)(C)[C@]1(O)O2)O4)O3. The quantitative estimate of drug-likeness (QED) is 0.118. The fraction of sp³-hybridized carbons (Fsp3) is 0.750. The second kappa shape index (κ2) is 20.6. The molecule has 4 N–H and O–H groups in total. The zero-order valence-electron chi connectivity index (χ0n) is 36.9. The molecular weight excluding hydrogens is 800 g/mol. The molecule has 0 spiro atoms. The van der Waals surface area contributed by atoms with Crippen molar-refractivity contribution in [2.75, 3.05) is 14.2 Å². The van der Waals surface area contributed by atoms with Crippen molar-refractivity contribution in [3.05, 3.63) is 35.5 Å². The number of hydrogen-bond donors (Lipinski definition) is 4. The molecule has 0 aliphatic carbocycles. The van der Waals surface area contributed by atoms with Gasteiger partial charge < -0.3 is 58.3 Å². The number of unbranched alkanes of at least 4 members (excludes halogenated alkanes) is 1. The summed E-state index contributed by atoms with van der Waals surface area (Å²) in [6, 6.07) is 0. The van der Waals surface area contributed by atoms with Crippen LogP contribution in [0, 0.1) is 10.8 Å². The highest BCUT2D eigenvalue weighted by Crippen LogP contribution is 2.50. The van der Waals surface area contributed by atoms with Crippen molar-refractivity contribution in [1.29, 1.82) is 0 Å². The summed E-state index contributed by atoms with van der Waals surface area (Å²) in [6.45, 7) is 11.1. The van der Waals surface area contributed by atoms with E-state index in [4.69, 9.17) is 37.9 Å². The van der Waals surface area contributed by atoms with Crippen LogP contribution in [0.1, 0.15) is 119 Å². The van der Waals surface area contributed by atoms with Crippen molar-refractivity contribution in [3.8, 4) is 0 Å². The fourth-order valence-corrected chi connectivity index (χ4v) is 8.45. The van der Waals surface area contributed by atoms with Gasteiger partial charge in [-0.2, -0.15) is 0 Å². The zero-order valence-corrected chi connectivity index (χ0v) is 36.9. The number of methoxy groups -OCH3 is 2. The molecule has 11 atom stereocenters. The summed E-state index contributed by atoms with van der Waals surface area (Å²) in [7, 11) is 2.42. The van der Waals surface area contributed by atoms with E-state index in [1.54, 1.807) is 39.8 Å². The number of carbonyl (C=O) groups excluding carboxylic acids is 5. The molecule has 3 fully saturated rings. The molecule has 0 aromatic heterocycles. The molecule has 61 heavy (non-hydrogen) atoms. The lowest BCUT2D eigenvalue weighted by Crippen LogP contribution is -2.62. The van der Waals surface area contributed by atoms with E-state index in [1.165, 1.54) is 34.1 Å². The lowest BCUT2D eigenvalue weighted by Gasteiger charge is -2.53. The minimum atomic E-state index is -2.41. The Bertz CT molecular complexity index is 1680. The van der Waals surface area contributed by atoms with Crippen LogP contribution < -0.4 is 0 Å². The molecule has 0 aromatic rings. The van der Waals surface area contributed by atoms with E-state index in [2.05, 4.69) is 0 Å². The van der Waals surface area contributed by atoms with Crippen LogP contribution in [0.2, 0.25) is 0 Å². The van der Waals surface area contributed by atoms with Gasteiger partial charge in [0.25, 0.3) is 0 Å². The highest BCUT2D eigenvalue weighted by molar-refractivity contribution is 5.83. The number of hydrogen-bond acceptors (Lipinski definition) is 17. The summed E-state index contributed by atoms with van der Waals surface area (Å²) in [4.78, 5) is 64.3. The molecule has 0 amide bonds. The van der Waals surface area contributed by atoms with Gasteiger partial charge in [-0.25, -0.2) is 9.59 Å². The molecule has 4 aliphatic heterocycles. The molecular formula is C44H66O17. The summed E-state index contributed by atoms with van der Waals surface area (Å²) in [5, 5.41) is 47.4. The van der Waals surface area contributed by atoms with Gasteiger partial charge in [-0.1, -0.05) is 58.8 Å².